The Bertz CT molecular complexity index is 1550. The van der Waals surface area contributed by atoms with E-state index >= 15 is 0 Å². The monoisotopic (exact) mass is 465 g/mol. The lowest BCUT2D eigenvalue weighted by molar-refractivity contribution is 0.356. The highest BCUT2D eigenvalue weighted by atomic mass is 32.2. The van der Waals surface area contributed by atoms with Crippen molar-refractivity contribution >= 4 is 21.3 Å². The van der Waals surface area contributed by atoms with Crippen LogP contribution in [0.25, 0.3) is 16.6 Å². The summed E-state index contributed by atoms with van der Waals surface area (Å²) in [6.45, 7) is 2.58. The number of halogens is 1. The Morgan fingerprint density at radius 1 is 1.15 bits per heavy atom. The van der Waals surface area contributed by atoms with Crippen molar-refractivity contribution in [3.05, 3.63) is 65.1 Å². The second kappa shape index (κ2) is 7.24. The summed E-state index contributed by atoms with van der Waals surface area (Å²) in [4.78, 5) is 13.4. The number of fused-ring (bicyclic) bond motifs is 3. The zero-order valence-corrected chi connectivity index (χ0v) is 18.6. The molecule has 1 N–H and O–H groups in total. The normalized spacial score (nSPS) is 15.9. The molecule has 1 aromatic carbocycles. The fourth-order valence-electron chi connectivity index (χ4n) is 4.59. The molecule has 0 saturated carbocycles. The second-order valence-corrected chi connectivity index (χ2v) is 10.3. The highest BCUT2D eigenvalue weighted by Crippen LogP contribution is 2.35. The number of hydrogen-bond donors (Lipinski definition) is 1. The largest absolute Gasteiger partial charge is 0.493 e. The van der Waals surface area contributed by atoms with Crippen molar-refractivity contribution in [3.8, 4) is 16.9 Å². The van der Waals surface area contributed by atoms with Crippen LogP contribution >= 0.6 is 0 Å². The number of aryl methyl sites for hydroxylation is 2. The summed E-state index contributed by atoms with van der Waals surface area (Å²) in [5.41, 5.74) is 4.84. The number of rotatable bonds is 3. The molecule has 168 valence electrons. The van der Waals surface area contributed by atoms with Crippen molar-refractivity contribution in [3.63, 3.8) is 0 Å². The molecule has 10 heteroatoms. The Hall–Kier alpha value is -3.53. The van der Waals surface area contributed by atoms with E-state index in [9.17, 15) is 12.8 Å². The maximum absolute atomic E-state index is 14.6. The Morgan fingerprint density at radius 2 is 2.03 bits per heavy atom. The summed E-state index contributed by atoms with van der Waals surface area (Å²) in [7, 11) is -3.62. The molecule has 0 radical (unpaired) electrons. The SMILES string of the molecule is Cc1ccc2c(n1)CCS(=O)(=O)c1ncn3c(NCc4c(F)ccc5c4CCO5)ncc-2c13. The van der Waals surface area contributed by atoms with Crippen LogP contribution in [-0.4, -0.2) is 40.1 Å². The minimum absolute atomic E-state index is 0.0226. The van der Waals surface area contributed by atoms with Gasteiger partial charge in [0.05, 0.1) is 17.9 Å². The van der Waals surface area contributed by atoms with E-state index in [4.69, 9.17) is 4.74 Å². The fourth-order valence-corrected chi connectivity index (χ4v) is 5.96. The number of sulfone groups is 1. The second-order valence-electron chi connectivity index (χ2n) is 8.23. The Kier molecular flexibility index (Phi) is 4.41. The van der Waals surface area contributed by atoms with Crippen molar-refractivity contribution < 1.29 is 17.5 Å². The van der Waals surface area contributed by atoms with Gasteiger partial charge in [0.2, 0.25) is 5.95 Å². The van der Waals surface area contributed by atoms with Crippen molar-refractivity contribution in [1.82, 2.24) is 19.4 Å². The molecular weight excluding hydrogens is 445 g/mol. The molecule has 33 heavy (non-hydrogen) atoms. The molecule has 0 amide bonds. The number of nitrogens with zero attached hydrogens (tertiary/aromatic N) is 4. The lowest BCUT2D eigenvalue weighted by Gasteiger charge is -2.17. The van der Waals surface area contributed by atoms with Gasteiger partial charge in [0.1, 0.15) is 17.9 Å². The Balaban J connectivity index is 1.48. The zero-order chi connectivity index (χ0) is 22.7. The van der Waals surface area contributed by atoms with Crippen LogP contribution < -0.4 is 10.1 Å². The van der Waals surface area contributed by atoms with Gasteiger partial charge in [-0.3, -0.25) is 9.38 Å². The minimum Gasteiger partial charge on any atom is -0.493 e. The summed E-state index contributed by atoms with van der Waals surface area (Å²) < 4.78 is 47.8. The molecule has 5 heterocycles. The predicted octanol–water partition coefficient (Wildman–Crippen LogP) is 3.12. The number of imidazole rings is 1. The van der Waals surface area contributed by atoms with Gasteiger partial charge in [-0.2, -0.15) is 0 Å². The molecule has 0 bridgehead atoms. The molecular formula is C23H20FN5O3S. The number of nitrogens with one attached hydrogen (secondary N) is 1. The summed E-state index contributed by atoms with van der Waals surface area (Å²) in [6, 6.07) is 6.88. The number of ether oxygens (including phenoxy) is 1. The lowest BCUT2D eigenvalue weighted by atomic mass is 10.0. The van der Waals surface area contributed by atoms with Gasteiger partial charge in [0.15, 0.2) is 14.9 Å². The van der Waals surface area contributed by atoms with Gasteiger partial charge < -0.3 is 10.1 Å². The van der Waals surface area contributed by atoms with E-state index in [1.807, 2.05) is 19.1 Å². The quantitative estimate of drug-likeness (QED) is 0.496. The summed E-state index contributed by atoms with van der Waals surface area (Å²) in [5.74, 6) is 0.674. The van der Waals surface area contributed by atoms with Crippen LogP contribution in [0.15, 0.2) is 41.8 Å². The van der Waals surface area contributed by atoms with Gasteiger partial charge in [-0.05, 0) is 25.1 Å². The molecule has 6 rings (SSSR count). The first-order valence-electron chi connectivity index (χ1n) is 10.6. The van der Waals surface area contributed by atoms with Crippen LogP contribution in [0.2, 0.25) is 0 Å². The van der Waals surface area contributed by atoms with Crippen molar-refractivity contribution in [2.45, 2.75) is 31.3 Å². The minimum atomic E-state index is -3.62. The van der Waals surface area contributed by atoms with Crippen LogP contribution in [0.1, 0.15) is 22.5 Å². The van der Waals surface area contributed by atoms with E-state index in [-0.39, 0.29) is 23.1 Å². The fraction of sp³-hybridized carbons (Fsp3) is 0.261. The molecule has 0 atom stereocenters. The van der Waals surface area contributed by atoms with Gasteiger partial charge in [0.25, 0.3) is 0 Å². The average molecular weight is 466 g/mol. The summed E-state index contributed by atoms with van der Waals surface area (Å²) >= 11 is 0. The molecule has 3 aromatic heterocycles. The van der Waals surface area contributed by atoms with E-state index in [0.29, 0.717) is 47.8 Å². The standard InChI is InChI=1S/C23H20FN5O3S/c1-13-2-3-14-17-11-26-23(25-10-16-15-6-8-32-20(15)5-4-18(16)24)29-12-27-22(21(17)29)33(30,31)9-7-19(14)28-13/h2-5,11-12H,6-10H2,1H3,(H,25,26). The number of pyridine rings is 1. The van der Waals surface area contributed by atoms with Gasteiger partial charge >= 0.3 is 0 Å². The highest BCUT2D eigenvalue weighted by Gasteiger charge is 2.29. The van der Waals surface area contributed by atoms with Gasteiger partial charge in [-0.25, -0.2) is 22.8 Å². The van der Waals surface area contributed by atoms with Crippen molar-refractivity contribution in [2.75, 3.05) is 17.7 Å². The third kappa shape index (κ3) is 3.16. The third-order valence-electron chi connectivity index (χ3n) is 6.20. The highest BCUT2D eigenvalue weighted by molar-refractivity contribution is 7.91. The van der Waals surface area contributed by atoms with E-state index in [1.165, 1.54) is 12.4 Å². The topological polar surface area (TPSA) is 98.5 Å². The molecule has 4 aromatic rings. The summed E-state index contributed by atoms with van der Waals surface area (Å²) in [5, 5.41) is 3.19. The first-order valence-corrected chi connectivity index (χ1v) is 12.3. The number of aromatic nitrogens is 4. The van der Waals surface area contributed by atoms with Crippen molar-refractivity contribution in [2.24, 2.45) is 0 Å². The molecule has 0 spiro atoms. The van der Waals surface area contributed by atoms with Crippen molar-refractivity contribution in [1.29, 1.82) is 0 Å². The van der Waals surface area contributed by atoms with E-state index in [0.717, 1.165) is 22.5 Å². The van der Waals surface area contributed by atoms with E-state index in [1.54, 1.807) is 16.7 Å². The maximum atomic E-state index is 14.6. The Morgan fingerprint density at radius 3 is 2.91 bits per heavy atom. The maximum Gasteiger partial charge on any atom is 0.209 e. The first-order chi connectivity index (χ1) is 15.9. The van der Waals surface area contributed by atoms with Gasteiger partial charge in [0, 0.05) is 59.2 Å². The van der Waals surface area contributed by atoms with Crippen LogP contribution in [-0.2, 0) is 29.2 Å². The smallest absolute Gasteiger partial charge is 0.209 e. The number of hydrogen-bond acceptors (Lipinski definition) is 7. The average Bonchev–Trinajstić information content (AvgIpc) is 3.45. The molecule has 0 unspecified atom stereocenters. The molecule has 2 aliphatic rings. The van der Waals surface area contributed by atoms with Crippen LogP contribution in [0.3, 0.4) is 0 Å². The van der Waals surface area contributed by atoms with Gasteiger partial charge in [-0.15, -0.1) is 0 Å². The predicted molar refractivity (Wildman–Crippen MR) is 120 cm³/mol. The third-order valence-corrected chi connectivity index (χ3v) is 7.83. The van der Waals surface area contributed by atoms with Crippen LogP contribution in [0.5, 0.6) is 5.75 Å². The molecule has 0 saturated heterocycles. The van der Waals surface area contributed by atoms with E-state index < -0.39 is 9.84 Å². The molecule has 8 nitrogen and oxygen atoms in total. The Labute approximate surface area is 189 Å². The number of anilines is 1. The zero-order valence-electron chi connectivity index (χ0n) is 17.8. The lowest BCUT2D eigenvalue weighted by Crippen LogP contribution is -2.15. The summed E-state index contributed by atoms with van der Waals surface area (Å²) in [6.07, 6.45) is 4.03. The molecule has 0 aliphatic carbocycles. The molecule has 2 aliphatic heterocycles. The number of benzene rings is 1. The first kappa shape index (κ1) is 20.1. The van der Waals surface area contributed by atoms with Crippen LogP contribution in [0.4, 0.5) is 10.3 Å². The molecule has 0 fully saturated rings. The van der Waals surface area contributed by atoms with Gasteiger partial charge in [-0.1, -0.05) is 6.07 Å². The van der Waals surface area contributed by atoms with E-state index in [2.05, 4.69) is 20.3 Å². The van der Waals surface area contributed by atoms with Crippen LogP contribution in [0, 0.1) is 12.7 Å².